The first-order valence-corrected chi connectivity index (χ1v) is 8.41. The molecule has 3 aromatic carbocycles. The SMILES string of the molecule is c1ccc2c(c1)CCC(c1cccc3ncc4ccccc4c13)O2. The number of aromatic nitrogens is 1. The van der Waals surface area contributed by atoms with Crippen molar-refractivity contribution in [3.05, 3.63) is 84.1 Å². The van der Waals surface area contributed by atoms with Gasteiger partial charge in [0.25, 0.3) is 0 Å². The number of hydrogen-bond donors (Lipinski definition) is 0. The Kier molecular flexibility index (Phi) is 3.02. The summed E-state index contributed by atoms with van der Waals surface area (Å²) in [6.45, 7) is 0. The number of ether oxygens (including phenoxy) is 1. The maximum Gasteiger partial charge on any atom is 0.125 e. The maximum atomic E-state index is 6.35. The van der Waals surface area contributed by atoms with Crippen molar-refractivity contribution in [2.75, 3.05) is 0 Å². The van der Waals surface area contributed by atoms with Gasteiger partial charge in [-0.1, -0.05) is 54.6 Å². The fourth-order valence-corrected chi connectivity index (χ4v) is 3.75. The molecule has 0 spiro atoms. The van der Waals surface area contributed by atoms with Crippen LogP contribution in [0.15, 0.2) is 72.9 Å². The van der Waals surface area contributed by atoms with Crippen molar-refractivity contribution < 1.29 is 4.74 Å². The van der Waals surface area contributed by atoms with E-state index in [-0.39, 0.29) is 6.10 Å². The van der Waals surface area contributed by atoms with Crippen LogP contribution in [0, 0.1) is 0 Å². The lowest BCUT2D eigenvalue weighted by Crippen LogP contribution is -2.15. The molecule has 24 heavy (non-hydrogen) atoms. The van der Waals surface area contributed by atoms with Crippen LogP contribution < -0.4 is 4.74 Å². The summed E-state index contributed by atoms with van der Waals surface area (Å²) in [6.07, 6.45) is 4.09. The van der Waals surface area contributed by atoms with Crippen LogP contribution in [0.25, 0.3) is 21.7 Å². The molecule has 5 rings (SSSR count). The van der Waals surface area contributed by atoms with Gasteiger partial charge in [0.05, 0.1) is 5.52 Å². The van der Waals surface area contributed by atoms with Crippen LogP contribution in [0.4, 0.5) is 0 Å². The highest BCUT2D eigenvalue weighted by Crippen LogP contribution is 2.38. The number of pyridine rings is 1. The molecule has 116 valence electrons. The van der Waals surface area contributed by atoms with E-state index in [1.165, 1.54) is 27.3 Å². The summed E-state index contributed by atoms with van der Waals surface area (Å²) < 4.78 is 6.35. The van der Waals surface area contributed by atoms with Crippen molar-refractivity contribution in [1.82, 2.24) is 4.98 Å². The van der Waals surface area contributed by atoms with Gasteiger partial charge < -0.3 is 4.74 Å². The topological polar surface area (TPSA) is 22.1 Å². The second-order valence-electron chi connectivity index (χ2n) is 6.34. The minimum Gasteiger partial charge on any atom is -0.485 e. The van der Waals surface area contributed by atoms with Crippen molar-refractivity contribution >= 4 is 21.7 Å². The standard InChI is InChI=1S/C22H17NO/c1-3-8-17-16(7-1)14-23-19-10-5-9-18(22(17)19)21-13-12-15-6-2-4-11-20(15)24-21/h1-11,14,21H,12-13H2. The molecule has 0 saturated carbocycles. The van der Waals surface area contributed by atoms with E-state index in [4.69, 9.17) is 4.74 Å². The molecule has 0 saturated heterocycles. The Morgan fingerprint density at radius 1 is 0.875 bits per heavy atom. The summed E-state index contributed by atoms with van der Waals surface area (Å²) in [5.74, 6) is 1.01. The van der Waals surface area contributed by atoms with Crippen LogP contribution in [0.2, 0.25) is 0 Å². The number of benzene rings is 3. The summed E-state index contributed by atoms with van der Waals surface area (Å²) in [7, 11) is 0. The molecule has 0 bridgehead atoms. The molecule has 2 heteroatoms. The predicted octanol–water partition coefficient (Wildman–Crippen LogP) is 5.45. The lowest BCUT2D eigenvalue weighted by Gasteiger charge is -2.27. The molecule has 4 aromatic rings. The predicted molar refractivity (Wildman–Crippen MR) is 97.4 cm³/mol. The Bertz CT molecular complexity index is 1050. The average Bonchev–Trinajstić information content (AvgIpc) is 2.67. The maximum absolute atomic E-state index is 6.35. The van der Waals surface area contributed by atoms with E-state index < -0.39 is 0 Å². The lowest BCUT2D eigenvalue weighted by molar-refractivity contribution is 0.178. The van der Waals surface area contributed by atoms with Crippen molar-refractivity contribution in [2.24, 2.45) is 0 Å². The molecular formula is C22H17NO. The number of aryl methyl sites for hydroxylation is 1. The van der Waals surface area contributed by atoms with E-state index in [9.17, 15) is 0 Å². The largest absolute Gasteiger partial charge is 0.485 e. The third kappa shape index (κ3) is 2.07. The normalized spacial score (nSPS) is 16.8. The summed E-state index contributed by atoms with van der Waals surface area (Å²) in [5, 5.41) is 3.65. The highest BCUT2D eigenvalue weighted by Gasteiger charge is 2.23. The Morgan fingerprint density at radius 3 is 2.75 bits per heavy atom. The lowest BCUT2D eigenvalue weighted by atomic mass is 9.93. The number of fused-ring (bicyclic) bond motifs is 4. The van der Waals surface area contributed by atoms with E-state index in [0.717, 1.165) is 24.1 Å². The Labute approximate surface area is 140 Å². The minimum absolute atomic E-state index is 0.0798. The van der Waals surface area contributed by atoms with Gasteiger partial charge in [0.15, 0.2) is 0 Å². The molecule has 0 radical (unpaired) electrons. The highest BCUT2D eigenvalue weighted by molar-refractivity contribution is 6.07. The molecule has 0 aliphatic carbocycles. The number of para-hydroxylation sites is 1. The minimum atomic E-state index is 0.0798. The van der Waals surface area contributed by atoms with E-state index in [1.807, 2.05) is 12.3 Å². The van der Waals surface area contributed by atoms with Crippen LogP contribution in [0.5, 0.6) is 5.75 Å². The van der Waals surface area contributed by atoms with Gasteiger partial charge in [-0.15, -0.1) is 0 Å². The van der Waals surface area contributed by atoms with Crippen LogP contribution in [0.3, 0.4) is 0 Å². The third-order valence-electron chi connectivity index (χ3n) is 4.91. The number of nitrogens with zero attached hydrogens (tertiary/aromatic N) is 1. The monoisotopic (exact) mass is 311 g/mol. The molecule has 0 amide bonds. The fourth-order valence-electron chi connectivity index (χ4n) is 3.75. The fraction of sp³-hybridized carbons (Fsp3) is 0.136. The summed E-state index contributed by atoms with van der Waals surface area (Å²) >= 11 is 0. The molecule has 2 heterocycles. The smallest absolute Gasteiger partial charge is 0.125 e. The van der Waals surface area contributed by atoms with E-state index in [0.29, 0.717) is 0 Å². The average molecular weight is 311 g/mol. The van der Waals surface area contributed by atoms with Crippen molar-refractivity contribution in [2.45, 2.75) is 18.9 Å². The van der Waals surface area contributed by atoms with Crippen molar-refractivity contribution in [3.63, 3.8) is 0 Å². The van der Waals surface area contributed by atoms with Gasteiger partial charge in [-0.3, -0.25) is 4.98 Å². The van der Waals surface area contributed by atoms with Crippen LogP contribution in [0.1, 0.15) is 23.7 Å². The summed E-state index contributed by atoms with van der Waals surface area (Å²) in [6, 6.07) is 23.2. The Hall–Kier alpha value is -2.87. The molecular weight excluding hydrogens is 294 g/mol. The first kappa shape index (κ1) is 13.6. The number of rotatable bonds is 1. The highest BCUT2D eigenvalue weighted by atomic mass is 16.5. The van der Waals surface area contributed by atoms with Crippen molar-refractivity contribution in [1.29, 1.82) is 0 Å². The molecule has 0 fully saturated rings. The molecule has 0 N–H and O–H groups in total. The first-order valence-electron chi connectivity index (χ1n) is 8.41. The molecule has 1 atom stereocenters. The Balaban J connectivity index is 1.71. The van der Waals surface area contributed by atoms with E-state index >= 15 is 0 Å². The van der Waals surface area contributed by atoms with E-state index in [2.05, 4.69) is 65.6 Å². The van der Waals surface area contributed by atoms with Gasteiger partial charge in [0.1, 0.15) is 11.9 Å². The zero-order valence-electron chi connectivity index (χ0n) is 13.3. The Morgan fingerprint density at radius 2 is 1.75 bits per heavy atom. The second-order valence-corrected chi connectivity index (χ2v) is 6.34. The first-order chi connectivity index (χ1) is 11.9. The summed E-state index contributed by atoms with van der Waals surface area (Å²) in [4.78, 5) is 4.65. The van der Waals surface area contributed by atoms with Gasteiger partial charge in [0.2, 0.25) is 0 Å². The zero-order valence-corrected chi connectivity index (χ0v) is 13.3. The van der Waals surface area contributed by atoms with Crippen LogP contribution >= 0.6 is 0 Å². The molecule has 2 nitrogen and oxygen atoms in total. The van der Waals surface area contributed by atoms with Gasteiger partial charge in [-0.25, -0.2) is 0 Å². The molecule has 1 aliphatic heterocycles. The zero-order chi connectivity index (χ0) is 15.9. The molecule has 1 unspecified atom stereocenters. The van der Waals surface area contributed by atoms with Crippen LogP contribution in [-0.2, 0) is 6.42 Å². The number of hydrogen-bond acceptors (Lipinski definition) is 2. The second kappa shape index (κ2) is 5.34. The summed E-state index contributed by atoms with van der Waals surface area (Å²) in [5.41, 5.74) is 3.58. The van der Waals surface area contributed by atoms with E-state index in [1.54, 1.807) is 0 Å². The quantitative estimate of drug-likeness (QED) is 0.436. The van der Waals surface area contributed by atoms with Crippen molar-refractivity contribution in [3.8, 4) is 5.75 Å². The molecule has 1 aromatic heterocycles. The van der Waals surface area contributed by atoms with Gasteiger partial charge in [-0.05, 0) is 35.9 Å². The van der Waals surface area contributed by atoms with Gasteiger partial charge >= 0.3 is 0 Å². The molecule has 1 aliphatic rings. The third-order valence-corrected chi connectivity index (χ3v) is 4.91. The van der Waals surface area contributed by atoms with Gasteiger partial charge in [-0.2, -0.15) is 0 Å². The van der Waals surface area contributed by atoms with Crippen LogP contribution in [-0.4, -0.2) is 4.98 Å². The van der Waals surface area contributed by atoms with Gasteiger partial charge in [0, 0.05) is 22.5 Å².